The van der Waals surface area contributed by atoms with Gasteiger partial charge in [-0.3, -0.25) is 0 Å². The normalized spacial score (nSPS) is 12.8. The van der Waals surface area contributed by atoms with Gasteiger partial charge in [0.2, 0.25) is 0 Å². The lowest BCUT2D eigenvalue weighted by Crippen LogP contribution is -2.16. The van der Waals surface area contributed by atoms with E-state index in [0.29, 0.717) is 19.1 Å². The molecule has 14 heavy (non-hydrogen) atoms. The van der Waals surface area contributed by atoms with Crippen LogP contribution in [0, 0.1) is 5.92 Å². The maximum atomic E-state index is 5.52. The maximum Gasteiger partial charge on any atom is 0.0717 e. The summed E-state index contributed by atoms with van der Waals surface area (Å²) in [6, 6.07) is 8.14. The lowest BCUT2D eigenvalue weighted by atomic mass is 10.2. The van der Waals surface area contributed by atoms with Gasteiger partial charge < -0.3 is 10.5 Å². The van der Waals surface area contributed by atoms with Crippen molar-refractivity contribution in [3.63, 3.8) is 0 Å². The molecule has 0 aliphatic rings. The van der Waals surface area contributed by atoms with Crippen LogP contribution >= 0.6 is 15.9 Å². The van der Waals surface area contributed by atoms with Crippen molar-refractivity contribution in [2.75, 3.05) is 13.2 Å². The Morgan fingerprint density at radius 1 is 1.36 bits per heavy atom. The van der Waals surface area contributed by atoms with E-state index in [-0.39, 0.29) is 0 Å². The zero-order valence-corrected chi connectivity index (χ0v) is 9.96. The van der Waals surface area contributed by atoms with E-state index in [4.69, 9.17) is 10.5 Å². The Morgan fingerprint density at radius 3 is 2.57 bits per heavy atom. The average molecular weight is 258 g/mol. The highest BCUT2D eigenvalue weighted by atomic mass is 79.9. The van der Waals surface area contributed by atoms with E-state index < -0.39 is 0 Å². The van der Waals surface area contributed by atoms with E-state index in [0.717, 1.165) is 11.1 Å². The van der Waals surface area contributed by atoms with E-state index in [1.807, 2.05) is 12.1 Å². The Balaban J connectivity index is 2.28. The highest BCUT2D eigenvalue weighted by Crippen LogP contribution is 2.11. The van der Waals surface area contributed by atoms with Gasteiger partial charge in [0.05, 0.1) is 13.2 Å². The van der Waals surface area contributed by atoms with E-state index in [1.54, 1.807) is 0 Å². The molecule has 0 heterocycles. The van der Waals surface area contributed by atoms with Crippen LogP contribution in [0.15, 0.2) is 28.7 Å². The van der Waals surface area contributed by atoms with Crippen molar-refractivity contribution in [2.24, 2.45) is 11.7 Å². The Morgan fingerprint density at radius 2 is 2.00 bits per heavy atom. The second-order valence-electron chi connectivity index (χ2n) is 3.48. The monoisotopic (exact) mass is 257 g/mol. The molecular weight excluding hydrogens is 242 g/mol. The number of rotatable bonds is 5. The fourth-order valence-electron chi connectivity index (χ4n) is 1.03. The van der Waals surface area contributed by atoms with E-state index in [2.05, 4.69) is 35.0 Å². The van der Waals surface area contributed by atoms with Gasteiger partial charge in [0.1, 0.15) is 0 Å². The van der Waals surface area contributed by atoms with Gasteiger partial charge in [-0.1, -0.05) is 35.0 Å². The van der Waals surface area contributed by atoms with Crippen molar-refractivity contribution < 1.29 is 4.74 Å². The summed E-state index contributed by atoms with van der Waals surface area (Å²) >= 11 is 3.39. The topological polar surface area (TPSA) is 35.2 Å². The first-order valence-electron chi connectivity index (χ1n) is 4.74. The first-order valence-corrected chi connectivity index (χ1v) is 5.54. The number of nitrogens with two attached hydrogens (primary N) is 1. The molecule has 0 aliphatic carbocycles. The van der Waals surface area contributed by atoms with Crippen molar-refractivity contribution in [1.29, 1.82) is 0 Å². The van der Waals surface area contributed by atoms with Gasteiger partial charge in [0.15, 0.2) is 0 Å². The third-order valence-electron chi connectivity index (χ3n) is 1.99. The predicted molar refractivity (Wildman–Crippen MR) is 62.0 cm³/mol. The van der Waals surface area contributed by atoms with Crippen LogP contribution in [0.1, 0.15) is 12.5 Å². The minimum absolute atomic E-state index is 0.436. The number of benzene rings is 1. The first-order chi connectivity index (χ1) is 6.72. The molecule has 0 bridgehead atoms. The Hall–Kier alpha value is -0.380. The van der Waals surface area contributed by atoms with Crippen LogP contribution in [0.2, 0.25) is 0 Å². The molecule has 0 saturated carbocycles. The van der Waals surface area contributed by atoms with Crippen molar-refractivity contribution in [2.45, 2.75) is 13.5 Å². The Bertz CT molecular complexity index is 260. The van der Waals surface area contributed by atoms with Crippen LogP contribution in [-0.2, 0) is 11.3 Å². The van der Waals surface area contributed by atoms with Gasteiger partial charge in [0.25, 0.3) is 0 Å². The molecule has 2 N–H and O–H groups in total. The molecule has 0 radical (unpaired) electrons. The van der Waals surface area contributed by atoms with Crippen LogP contribution in [0.4, 0.5) is 0 Å². The third-order valence-corrected chi connectivity index (χ3v) is 2.52. The third kappa shape index (κ3) is 4.22. The predicted octanol–water partition coefficient (Wildman–Crippen LogP) is 2.56. The maximum absolute atomic E-state index is 5.52. The second kappa shape index (κ2) is 6.17. The Labute approximate surface area is 93.6 Å². The Kier molecular flexibility index (Phi) is 5.15. The van der Waals surface area contributed by atoms with Crippen LogP contribution in [0.25, 0.3) is 0 Å². The summed E-state index contributed by atoms with van der Waals surface area (Å²) in [4.78, 5) is 0. The lowest BCUT2D eigenvalue weighted by Gasteiger charge is -2.09. The minimum Gasteiger partial charge on any atom is -0.376 e. The molecule has 0 fully saturated rings. The number of halogens is 1. The molecule has 1 atom stereocenters. The van der Waals surface area contributed by atoms with Gasteiger partial charge in [-0.25, -0.2) is 0 Å². The molecular formula is C11H16BrNO. The summed E-state index contributed by atoms with van der Waals surface area (Å²) in [7, 11) is 0. The van der Waals surface area contributed by atoms with Crippen LogP contribution in [-0.4, -0.2) is 13.2 Å². The molecule has 1 rings (SSSR count). The molecule has 0 aliphatic heterocycles. The fourth-order valence-corrected chi connectivity index (χ4v) is 1.29. The van der Waals surface area contributed by atoms with Gasteiger partial charge >= 0.3 is 0 Å². The molecule has 78 valence electrons. The first kappa shape index (κ1) is 11.7. The largest absolute Gasteiger partial charge is 0.376 e. The van der Waals surface area contributed by atoms with Gasteiger partial charge in [-0.2, -0.15) is 0 Å². The molecule has 1 unspecified atom stereocenters. The molecule has 1 aromatic carbocycles. The number of hydrogen-bond acceptors (Lipinski definition) is 2. The molecule has 1 aromatic rings. The van der Waals surface area contributed by atoms with Gasteiger partial charge in [0, 0.05) is 4.47 Å². The van der Waals surface area contributed by atoms with E-state index in [1.165, 1.54) is 5.56 Å². The molecule has 0 spiro atoms. The van der Waals surface area contributed by atoms with E-state index in [9.17, 15) is 0 Å². The minimum atomic E-state index is 0.436. The smallest absolute Gasteiger partial charge is 0.0717 e. The van der Waals surface area contributed by atoms with Crippen LogP contribution < -0.4 is 5.73 Å². The molecule has 0 aromatic heterocycles. The van der Waals surface area contributed by atoms with Crippen molar-refractivity contribution in [3.05, 3.63) is 34.3 Å². The van der Waals surface area contributed by atoms with Crippen LogP contribution in [0.5, 0.6) is 0 Å². The highest BCUT2D eigenvalue weighted by molar-refractivity contribution is 9.10. The molecule has 0 amide bonds. The number of hydrogen-bond donors (Lipinski definition) is 1. The summed E-state index contributed by atoms with van der Waals surface area (Å²) in [6.07, 6.45) is 0. The number of ether oxygens (including phenoxy) is 1. The molecule has 3 heteroatoms. The lowest BCUT2D eigenvalue weighted by molar-refractivity contribution is 0.0944. The zero-order chi connectivity index (χ0) is 10.4. The fraction of sp³-hybridized carbons (Fsp3) is 0.455. The SMILES string of the molecule is CC(CN)COCc1ccc(Br)cc1. The van der Waals surface area contributed by atoms with Gasteiger partial charge in [-0.15, -0.1) is 0 Å². The summed E-state index contributed by atoms with van der Waals surface area (Å²) in [5.41, 5.74) is 6.68. The van der Waals surface area contributed by atoms with E-state index >= 15 is 0 Å². The van der Waals surface area contributed by atoms with Crippen LogP contribution in [0.3, 0.4) is 0 Å². The highest BCUT2D eigenvalue weighted by Gasteiger charge is 1.99. The standard InChI is InChI=1S/C11H16BrNO/c1-9(6-13)7-14-8-10-2-4-11(12)5-3-10/h2-5,9H,6-8,13H2,1H3. The second-order valence-corrected chi connectivity index (χ2v) is 4.40. The summed E-state index contributed by atoms with van der Waals surface area (Å²) in [6.45, 7) is 4.16. The summed E-state index contributed by atoms with van der Waals surface area (Å²) < 4.78 is 6.61. The quantitative estimate of drug-likeness (QED) is 0.880. The summed E-state index contributed by atoms with van der Waals surface area (Å²) in [5, 5.41) is 0. The molecule has 2 nitrogen and oxygen atoms in total. The average Bonchev–Trinajstić information content (AvgIpc) is 2.21. The summed E-state index contributed by atoms with van der Waals surface area (Å²) in [5.74, 6) is 0.436. The van der Waals surface area contributed by atoms with Gasteiger partial charge in [-0.05, 0) is 30.2 Å². The zero-order valence-electron chi connectivity index (χ0n) is 8.37. The van der Waals surface area contributed by atoms with Crippen molar-refractivity contribution in [3.8, 4) is 0 Å². The molecule has 0 saturated heterocycles. The van der Waals surface area contributed by atoms with Crippen molar-refractivity contribution in [1.82, 2.24) is 0 Å². The van der Waals surface area contributed by atoms with Crippen molar-refractivity contribution >= 4 is 15.9 Å².